The van der Waals surface area contributed by atoms with Crippen LogP contribution in [0.5, 0.6) is 0 Å². The van der Waals surface area contributed by atoms with Gasteiger partial charge in [-0.1, -0.05) is 0 Å². The smallest absolute Gasteiger partial charge is 0.259 e. The van der Waals surface area contributed by atoms with E-state index in [2.05, 4.69) is 10.6 Å². The van der Waals surface area contributed by atoms with Crippen LogP contribution < -0.4 is 16.4 Å². The lowest BCUT2D eigenvalue weighted by Gasteiger charge is -2.17. The number of hydrogen-bond acceptors (Lipinski definition) is 4. The Morgan fingerprint density at radius 3 is 2.44 bits per heavy atom. The molecule has 0 bridgehead atoms. The standard InChI is InChI=1S/C12H13N3O3/c1-12(2,13)11(18)14-6-3-4-7-8(5-6)10(17)15-9(7)16/h3-5H,13H2,1-2H3,(H,14,18)(H,15,16,17). The fourth-order valence-corrected chi connectivity index (χ4v) is 1.54. The molecule has 0 atom stereocenters. The van der Waals surface area contributed by atoms with Crippen LogP contribution in [0.1, 0.15) is 34.6 Å². The molecule has 2 rings (SSSR count). The molecule has 1 aliphatic heterocycles. The summed E-state index contributed by atoms with van der Waals surface area (Å²) < 4.78 is 0. The third-order valence-corrected chi connectivity index (χ3v) is 2.58. The van der Waals surface area contributed by atoms with E-state index in [4.69, 9.17) is 5.73 Å². The average molecular weight is 247 g/mol. The molecule has 3 amide bonds. The number of nitrogens with one attached hydrogen (secondary N) is 2. The van der Waals surface area contributed by atoms with Gasteiger partial charge < -0.3 is 11.1 Å². The van der Waals surface area contributed by atoms with Crippen LogP contribution in [-0.4, -0.2) is 23.3 Å². The Kier molecular flexibility index (Phi) is 2.67. The Morgan fingerprint density at radius 1 is 1.22 bits per heavy atom. The lowest BCUT2D eigenvalue weighted by atomic mass is 10.1. The zero-order valence-electron chi connectivity index (χ0n) is 10.0. The van der Waals surface area contributed by atoms with E-state index in [-0.39, 0.29) is 11.5 Å². The number of amides is 3. The molecule has 1 aromatic carbocycles. The normalized spacial score (nSPS) is 14.2. The van der Waals surface area contributed by atoms with Crippen LogP contribution in [0.2, 0.25) is 0 Å². The van der Waals surface area contributed by atoms with Crippen molar-refractivity contribution in [3.8, 4) is 0 Å². The molecule has 1 aromatic rings. The highest BCUT2D eigenvalue weighted by molar-refractivity contribution is 6.22. The first-order valence-corrected chi connectivity index (χ1v) is 5.39. The number of rotatable bonds is 2. The molecule has 0 saturated heterocycles. The van der Waals surface area contributed by atoms with E-state index in [0.29, 0.717) is 11.3 Å². The largest absolute Gasteiger partial charge is 0.324 e. The zero-order valence-corrected chi connectivity index (χ0v) is 10.0. The van der Waals surface area contributed by atoms with E-state index in [9.17, 15) is 14.4 Å². The molecular formula is C12H13N3O3. The number of carbonyl (C=O) groups excluding carboxylic acids is 3. The third-order valence-electron chi connectivity index (χ3n) is 2.58. The van der Waals surface area contributed by atoms with Crippen molar-refractivity contribution < 1.29 is 14.4 Å². The molecule has 0 aliphatic carbocycles. The lowest BCUT2D eigenvalue weighted by Crippen LogP contribution is -2.45. The molecule has 0 saturated carbocycles. The van der Waals surface area contributed by atoms with Gasteiger partial charge in [0.2, 0.25) is 5.91 Å². The SMILES string of the molecule is CC(C)(N)C(=O)Nc1ccc2c(c1)C(=O)NC2=O. The molecule has 6 heteroatoms. The Bertz CT molecular complexity index is 558. The number of anilines is 1. The summed E-state index contributed by atoms with van der Waals surface area (Å²) in [4.78, 5) is 34.4. The Morgan fingerprint density at radius 2 is 1.83 bits per heavy atom. The number of fused-ring (bicyclic) bond motifs is 1. The second-order valence-corrected chi connectivity index (χ2v) is 4.72. The first kappa shape index (κ1) is 12.3. The molecule has 0 aromatic heterocycles. The highest BCUT2D eigenvalue weighted by Gasteiger charge is 2.27. The van der Waals surface area contributed by atoms with E-state index in [1.54, 1.807) is 19.9 Å². The van der Waals surface area contributed by atoms with Crippen LogP contribution >= 0.6 is 0 Å². The highest BCUT2D eigenvalue weighted by Crippen LogP contribution is 2.20. The summed E-state index contributed by atoms with van der Waals surface area (Å²) in [5, 5.41) is 4.77. The second kappa shape index (κ2) is 3.92. The Hall–Kier alpha value is -2.21. The highest BCUT2D eigenvalue weighted by atomic mass is 16.2. The van der Waals surface area contributed by atoms with Crippen molar-refractivity contribution in [3.05, 3.63) is 29.3 Å². The summed E-state index contributed by atoms with van der Waals surface area (Å²) in [5.41, 5.74) is 5.63. The second-order valence-electron chi connectivity index (χ2n) is 4.72. The molecule has 1 heterocycles. The van der Waals surface area contributed by atoms with Gasteiger partial charge in [-0.05, 0) is 32.0 Å². The minimum absolute atomic E-state index is 0.257. The van der Waals surface area contributed by atoms with Crippen LogP contribution in [0.4, 0.5) is 5.69 Å². The molecule has 1 aliphatic rings. The lowest BCUT2D eigenvalue weighted by molar-refractivity contribution is -0.120. The number of hydrogen-bond donors (Lipinski definition) is 3. The van der Waals surface area contributed by atoms with Gasteiger partial charge >= 0.3 is 0 Å². The summed E-state index contributed by atoms with van der Waals surface area (Å²) in [6, 6.07) is 4.51. The van der Waals surface area contributed by atoms with Gasteiger partial charge in [-0.3, -0.25) is 19.7 Å². The minimum atomic E-state index is -1.02. The summed E-state index contributed by atoms with van der Waals surface area (Å²) in [5.74, 6) is -1.25. The van der Waals surface area contributed by atoms with Gasteiger partial charge in [0.1, 0.15) is 0 Å². The Balaban J connectivity index is 2.28. The maximum Gasteiger partial charge on any atom is 0.259 e. The van der Waals surface area contributed by atoms with Gasteiger partial charge in [0.25, 0.3) is 11.8 Å². The number of nitrogens with two attached hydrogens (primary N) is 1. The summed E-state index contributed by atoms with van der Waals surface area (Å²) in [7, 11) is 0. The number of imide groups is 1. The van der Waals surface area contributed by atoms with Gasteiger partial charge in [0.05, 0.1) is 16.7 Å². The third kappa shape index (κ3) is 2.10. The van der Waals surface area contributed by atoms with Crippen molar-refractivity contribution in [2.24, 2.45) is 5.73 Å². The van der Waals surface area contributed by atoms with Crippen LogP contribution in [0.25, 0.3) is 0 Å². The fraction of sp³-hybridized carbons (Fsp3) is 0.250. The maximum absolute atomic E-state index is 11.7. The van der Waals surface area contributed by atoms with E-state index in [1.165, 1.54) is 12.1 Å². The van der Waals surface area contributed by atoms with E-state index in [0.717, 1.165) is 0 Å². The topological polar surface area (TPSA) is 101 Å². The molecule has 4 N–H and O–H groups in total. The first-order valence-electron chi connectivity index (χ1n) is 5.39. The van der Waals surface area contributed by atoms with Crippen LogP contribution in [-0.2, 0) is 4.79 Å². The predicted octanol–water partition coefficient (Wildman–Crippen LogP) is 0.246. The molecule has 0 radical (unpaired) electrons. The van der Waals surface area contributed by atoms with Crippen molar-refractivity contribution in [2.45, 2.75) is 19.4 Å². The summed E-state index contributed by atoms with van der Waals surface area (Å²) in [6.45, 7) is 3.15. The molecule has 0 unspecified atom stereocenters. The van der Waals surface area contributed by atoms with Gasteiger partial charge in [-0.2, -0.15) is 0 Å². The van der Waals surface area contributed by atoms with Crippen LogP contribution in [0.15, 0.2) is 18.2 Å². The Labute approximate surface area is 104 Å². The molecule has 18 heavy (non-hydrogen) atoms. The molecule has 0 fully saturated rings. The number of benzene rings is 1. The molecule has 0 spiro atoms. The monoisotopic (exact) mass is 247 g/mol. The fourth-order valence-electron chi connectivity index (χ4n) is 1.54. The van der Waals surface area contributed by atoms with Crippen molar-refractivity contribution in [2.75, 3.05) is 5.32 Å². The van der Waals surface area contributed by atoms with Gasteiger partial charge in [-0.15, -0.1) is 0 Å². The maximum atomic E-state index is 11.7. The molecular weight excluding hydrogens is 234 g/mol. The van der Waals surface area contributed by atoms with Crippen molar-refractivity contribution in [1.82, 2.24) is 5.32 Å². The first-order chi connectivity index (χ1) is 8.29. The molecule has 6 nitrogen and oxygen atoms in total. The average Bonchev–Trinajstić information content (AvgIpc) is 2.53. The van der Waals surface area contributed by atoms with Gasteiger partial charge in [0.15, 0.2) is 0 Å². The van der Waals surface area contributed by atoms with Crippen molar-refractivity contribution >= 4 is 23.4 Å². The van der Waals surface area contributed by atoms with E-state index >= 15 is 0 Å². The van der Waals surface area contributed by atoms with Crippen molar-refractivity contribution in [3.63, 3.8) is 0 Å². The minimum Gasteiger partial charge on any atom is -0.324 e. The van der Waals surface area contributed by atoms with Gasteiger partial charge in [-0.25, -0.2) is 0 Å². The van der Waals surface area contributed by atoms with Crippen LogP contribution in [0, 0.1) is 0 Å². The molecule has 94 valence electrons. The summed E-state index contributed by atoms with van der Waals surface area (Å²) in [6.07, 6.45) is 0. The van der Waals surface area contributed by atoms with E-state index < -0.39 is 17.4 Å². The quantitative estimate of drug-likeness (QED) is 0.652. The van der Waals surface area contributed by atoms with Crippen LogP contribution in [0.3, 0.4) is 0 Å². The summed E-state index contributed by atoms with van der Waals surface area (Å²) >= 11 is 0. The number of carbonyl (C=O) groups is 3. The van der Waals surface area contributed by atoms with Gasteiger partial charge in [0, 0.05) is 5.69 Å². The zero-order chi connectivity index (χ0) is 13.5. The van der Waals surface area contributed by atoms with E-state index in [1.807, 2.05) is 0 Å². The predicted molar refractivity (Wildman–Crippen MR) is 65.1 cm³/mol. The van der Waals surface area contributed by atoms with Crippen molar-refractivity contribution in [1.29, 1.82) is 0 Å².